The number of carbonyl (C=O) groups is 1. The molecule has 0 bridgehead atoms. The second-order valence-electron chi connectivity index (χ2n) is 19.8. The molecule has 4 aliphatic heterocycles. The molecule has 1 atom stereocenters. The van der Waals surface area contributed by atoms with Crippen LogP contribution in [0.3, 0.4) is 0 Å². The molecule has 0 radical (unpaired) electrons. The third-order valence-corrected chi connectivity index (χ3v) is 12.6. The van der Waals surface area contributed by atoms with Crippen molar-refractivity contribution in [2.75, 3.05) is 7.11 Å². The number of rotatable bonds is 2. The molecule has 0 aliphatic carbocycles. The third kappa shape index (κ3) is 7.78. The molecule has 2 N–H and O–H groups in total. The fourth-order valence-electron chi connectivity index (χ4n) is 9.93. The highest BCUT2D eigenvalue weighted by molar-refractivity contribution is 5.70. The number of hydrogen-bond donors (Lipinski definition) is 2. The van der Waals surface area contributed by atoms with Crippen LogP contribution in [-0.2, 0) is 26.5 Å². The first-order valence-electron chi connectivity index (χ1n) is 20.3. The number of methoxy groups -OCH3 is 1. The summed E-state index contributed by atoms with van der Waals surface area (Å²) < 4.78 is 37.2. The Labute approximate surface area is 351 Å². The summed E-state index contributed by atoms with van der Waals surface area (Å²) in [6, 6.07) is 15.5. The van der Waals surface area contributed by atoms with E-state index in [2.05, 4.69) is 67.5 Å². The van der Waals surface area contributed by atoms with E-state index >= 15 is 0 Å². The van der Waals surface area contributed by atoms with Gasteiger partial charge in [0.2, 0.25) is 0 Å². The summed E-state index contributed by atoms with van der Waals surface area (Å²) >= 11 is 0. The van der Waals surface area contributed by atoms with Crippen molar-refractivity contribution >= 4 is 5.97 Å². The normalized spacial score (nSPS) is 21.5. The molecule has 9 heteroatoms. The lowest BCUT2D eigenvalue weighted by molar-refractivity contribution is -0.167. The van der Waals surface area contributed by atoms with Crippen LogP contribution in [0.15, 0.2) is 48.5 Å². The average Bonchev–Trinajstić information content (AvgIpc) is 3.06. The summed E-state index contributed by atoms with van der Waals surface area (Å²) in [6.07, 6.45) is 2.76. The van der Waals surface area contributed by atoms with Crippen LogP contribution >= 0.6 is 0 Å². The van der Waals surface area contributed by atoms with Gasteiger partial charge >= 0.3 is 5.97 Å². The second kappa shape index (κ2) is 14.3. The van der Waals surface area contributed by atoms with Crippen LogP contribution in [0.25, 0.3) is 0 Å². The summed E-state index contributed by atoms with van der Waals surface area (Å²) in [6.45, 7) is 26.6. The topological polar surface area (TPSA) is 113 Å². The van der Waals surface area contributed by atoms with Crippen LogP contribution < -0.4 is 28.4 Å². The zero-order chi connectivity index (χ0) is 42.5. The number of aryl methyl sites for hydroxylation is 4. The standard InChI is InChI=1S/C26H32O5.C23H28O4.CH3/c1-15-9-22-18(11-20(15)28-8)24(4,5)13-26(30-22)14-25(6,7)19-12-21(29-17(3)27)16(2)10-23(19)31-26;1-13-7-19-15(9-17(13)24)21(3,4)11-23(26-19)12-22(5,6)16-10-18(25)14(2)8-20(16)27-23;/h9-12H,13-14H2,1-8H3;7-10,24-25H,11-12H2,1-6H3;1H3/q;;-1. The first-order valence-corrected chi connectivity index (χ1v) is 20.3. The smallest absolute Gasteiger partial charge is 0.308 e. The summed E-state index contributed by atoms with van der Waals surface area (Å²) in [5, 5.41) is 20.3. The van der Waals surface area contributed by atoms with Crippen molar-refractivity contribution in [3.8, 4) is 46.0 Å². The lowest BCUT2D eigenvalue weighted by Crippen LogP contribution is -2.55. The van der Waals surface area contributed by atoms with Crippen molar-refractivity contribution in [3.63, 3.8) is 0 Å². The molecule has 318 valence electrons. The Morgan fingerprint density at radius 1 is 0.508 bits per heavy atom. The fourth-order valence-corrected chi connectivity index (χ4v) is 9.93. The van der Waals surface area contributed by atoms with Crippen molar-refractivity contribution in [1.29, 1.82) is 0 Å². The summed E-state index contributed by atoms with van der Waals surface area (Å²) in [4.78, 5) is 11.5. The molecule has 59 heavy (non-hydrogen) atoms. The maximum absolute atomic E-state index is 11.5. The highest BCUT2D eigenvalue weighted by atomic mass is 16.7. The molecular formula is C50H63O9-. The van der Waals surface area contributed by atoms with E-state index in [1.807, 2.05) is 64.1 Å². The quantitative estimate of drug-likeness (QED) is 0.116. The first-order chi connectivity index (χ1) is 26.8. The fraction of sp³-hybridized carbons (Fsp3) is 0.480. The SMILES string of the molecule is COc1cc2c(cc1C)OC1(CC2(C)C)CC(C)(C)c2cc(OC(C)=O)c(C)cc2O1.Cc1cc2c(cc1O)C(C)(C)CC1(CC(C)(C)c3cc(O)c(C)cc3O1)O2.[CH3-]. The minimum absolute atomic E-state index is 0. The van der Waals surface area contributed by atoms with E-state index in [1.165, 1.54) is 6.92 Å². The Kier molecular flexibility index (Phi) is 10.6. The van der Waals surface area contributed by atoms with Gasteiger partial charge in [0.15, 0.2) is 0 Å². The number of aromatic hydroxyl groups is 2. The molecule has 0 fully saturated rings. The monoisotopic (exact) mass is 807 g/mol. The van der Waals surface area contributed by atoms with Gasteiger partial charge in [-0.05, 0) is 98.5 Å². The van der Waals surface area contributed by atoms with Crippen molar-refractivity contribution < 1.29 is 43.4 Å². The van der Waals surface area contributed by atoms with E-state index < -0.39 is 11.6 Å². The molecule has 0 aromatic heterocycles. The maximum atomic E-state index is 11.5. The molecule has 8 rings (SSSR count). The lowest BCUT2D eigenvalue weighted by Gasteiger charge is -2.51. The van der Waals surface area contributed by atoms with Gasteiger partial charge in [-0.25, -0.2) is 0 Å². The Morgan fingerprint density at radius 2 is 0.797 bits per heavy atom. The van der Waals surface area contributed by atoms with Gasteiger partial charge in [-0.15, -0.1) is 0 Å². The molecule has 4 aromatic rings. The minimum Gasteiger partial charge on any atom is -0.508 e. The zero-order valence-electron chi connectivity index (χ0n) is 37.7. The van der Waals surface area contributed by atoms with Gasteiger partial charge in [0, 0.05) is 76.5 Å². The summed E-state index contributed by atoms with van der Waals surface area (Å²) in [5.41, 5.74) is 6.83. The minimum atomic E-state index is -0.778. The van der Waals surface area contributed by atoms with E-state index in [-0.39, 0.29) is 35.1 Å². The van der Waals surface area contributed by atoms with E-state index in [0.29, 0.717) is 42.9 Å². The number of fused-ring (bicyclic) bond motifs is 4. The Balaban J connectivity index is 0.000000197. The summed E-state index contributed by atoms with van der Waals surface area (Å²) in [7, 11) is 1.70. The van der Waals surface area contributed by atoms with Gasteiger partial charge in [-0.2, -0.15) is 0 Å². The van der Waals surface area contributed by atoms with Crippen LogP contribution in [0.4, 0.5) is 0 Å². The lowest BCUT2D eigenvalue weighted by atomic mass is 9.69. The van der Waals surface area contributed by atoms with E-state index in [0.717, 1.165) is 73.3 Å². The van der Waals surface area contributed by atoms with Crippen LogP contribution in [0.5, 0.6) is 46.0 Å². The number of phenols is 2. The number of phenolic OH excluding ortho intramolecular Hbond substituents is 2. The van der Waals surface area contributed by atoms with E-state index in [1.54, 1.807) is 7.11 Å². The van der Waals surface area contributed by atoms with Crippen molar-refractivity contribution in [3.05, 3.63) is 100 Å². The van der Waals surface area contributed by atoms with Crippen LogP contribution in [0.2, 0.25) is 0 Å². The molecule has 1 unspecified atom stereocenters. The van der Waals surface area contributed by atoms with Gasteiger partial charge in [-0.1, -0.05) is 55.4 Å². The predicted octanol–water partition coefficient (Wildman–Crippen LogP) is 11.4. The van der Waals surface area contributed by atoms with Crippen LogP contribution in [0, 0.1) is 35.1 Å². The molecule has 4 aromatic carbocycles. The summed E-state index contributed by atoms with van der Waals surface area (Å²) in [5.74, 6) is 3.35. The van der Waals surface area contributed by atoms with Gasteiger partial charge < -0.3 is 46.1 Å². The third-order valence-electron chi connectivity index (χ3n) is 12.6. The van der Waals surface area contributed by atoms with E-state index in [4.69, 9.17) is 28.4 Å². The molecule has 0 saturated carbocycles. The van der Waals surface area contributed by atoms with Crippen LogP contribution in [0.1, 0.15) is 133 Å². The zero-order valence-corrected chi connectivity index (χ0v) is 37.7. The van der Waals surface area contributed by atoms with Gasteiger partial charge in [0.05, 0.1) is 7.11 Å². The number of hydrogen-bond acceptors (Lipinski definition) is 9. The Morgan fingerprint density at radius 3 is 1.12 bits per heavy atom. The molecule has 0 amide bonds. The molecule has 0 saturated heterocycles. The molecule has 4 aliphatic rings. The Hall–Kier alpha value is -5.05. The Bertz CT molecular complexity index is 2250. The number of esters is 1. The maximum Gasteiger partial charge on any atom is 0.308 e. The van der Waals surface area contributed by atoms with Crippen molar-refractivity contribution in [1.82, 2.24) is 0 Å². The van der Waals surface area contributed by atoms with Crippen molar-refractivity contribution in [2.24, 2.45) is 0 Å². The van der Waals surface area contributed by atoms with Crippen LogP contribution in [-0.4, -0.2) is 34.9 Å². The number of benzene rings is 4. The molecule has 4 heterocycles. The highest BCUT2D eigenvalue weighted by Gasteiger charge is 2.55. The van der Waals surface area contributed by atoms with Crippen molar-refractivity contribution in [2.45, 2.75) is 149 Å². The average molecular weight is 808 g/mol. The first kappa shape index (κ1) is 43.5. The number of carbonyl (C=O) groups excluding carboxylic acids is 1. The number of ether oxygens (including phenoxy) is 6. The largest absolute Gasteiger partial charge is 0.508 e. The molecule has 2 spiro atoms. The highest BCUT2D eigenvalue weighted by Crippen LogP contribution is 2.57. The second-order valence-corrected chi connectivity index (χ2v) is 19.8. The van der Waals surface area contributed by atoms with Gasteiger partial charge in [0.25, 0.3) is 11.6 Å². The molecular weight excluding hydrogens is 745 g/mol. The van der Waals surface area contributed by atoms with Gasteiger partial charge in [0.1, 0.15) is 46.0 Å². The van der Waals surface area contributed by atoms with Gasteiger partial charge in [-0.3, -0.25) is 4.79 Å². The van der Waals surface area contributed by atoms with E-state index in [9.17, 15) is 15.0 Å². The predicted molar refractivity (Wildman–Crippen MR) is 231 cm³/mol. The molecule has 9 nitrogen and oxygen atoms in total.